The maximum atomic E-state index is 9.86. The van der Waals surface area contributed by atoms with Gasteiger partial charge in [0, 0.05) is 26.4 Å². The Morgan fingerprint density at radius 2 is 0.929 bits per heavy atom. The average molecular weight is 407 g/mol. The lowest BCUT2D eigenvalue weighted by Gasteiger charge is -2.26. The summed E-state index contributed by atoms with van der Waals surface area (Å²) in [4.78, 5) is 0. The highest BCUT2D eigenvalue weighted by Crippen LogP contribution is 2.09. The van der Waals surface area contributed by atoms with Crippen LogP contribution in [0.2, 0.25) is 0 Å². The molecule has 8 nitrogen and oxygen atoms in total. The van der Waals surface area contributed by atoms with E-state index in [1.165, 1.54) is 0 Å². The van der Waals surface area contributed by atoms with Crippen LogP contribution in [0.3, 0.4) is 0 Å². The summed E-state index contributed by atoms with van der Waals surface area (Å²) >= 11 is 0. The standard InChI is InChI=1S/C20H38O8/c1-3-11-25-13-7-5-9-15-27-19(23)17(21)18(22)20(24)28-16-10-6-8-14-26-12-4-2/h3-4,17-24H,1-2,5-16H2/t17-,18-,19?,20?/m0/s1. The van der Waals surface area contributed by atoms with Crippen molar-refractivity contribution in [3.63, 3.8) is 0 Å². The zero-order valence-corrected chi connectivity index (χ0v) is 16.8. The third kappa shape index (κ3) is 15.1. The summed E-state index contributed by atoms with van der Waals surface area (Å²) in [5, 5.41) is 39.3. The van der Waals surface area contributed by atoms with Gasteiger partial charge in [-0.05, 0) is 38.5 Å². The lowest BCUT2D eigenvalue weighted by molar-refractivity contribution is -0.241. The van der Waals surface area contributed by atoms with Crippen molar-refractivity contribution >= 4 is 0 Å². The minimum Gasteiger partial charge on any atom is -0.385 e. The number of ether oxygens (including phenoxy) is 4. The molecule has 0 amide bonds. The predicted octanol–water partition coefficient (Wildman–Crippen LogP) is 1.12. The van der Waals surface area contributed by atoms with Crippen molar-refractivity contribution in [1.29, 1.82) is 0 Å². The number of rotatable bonds is 21. The third-order valence-electron chi connectivity index (χ3n) is 3.85. The fourth-order valence-corrected chi connectivity index (χ4v) is 2.24. The molecule has 0 heterocycles. The SMILES string of the molecule is C=CCOCCCCCOC(O)[C@@H](O)[C@H](O)C(O)OCCCCCOCC=C. The van der Waals surface area contributed by atoms with Crippen molar-refractivity contribution in [3.05, 3.63) is 25.3 Å². The first-order valence-corrected chi connectivity index (χ1v) is 9.87. The van der Waals surface area contributed by atoms with Crippen LogP contribution in [0.25, 0.3) is 0 Å². The fourth-order valence-electron chi connectivity index (χ4n) is 2.24. The van der Waals surface area contributed by atoms with E-state index in [9.17, 15) is 20.4 Å². The van der Waals surface area contributed by atoms with Gasteiger partial charge < -0.3 is 39.4 Å². The van der Waals surface area contributed by atoms with Crippen LogP contribution in [0.1, 0.15) is 38.5 Å². The zero-order valence-electron chi connectivity index (χ0n) is 16.8. The highest BCUT2D eigenvalue weighted by Gasteiger charge is 2.31. The van der Waals surface area contributed by atoms with Gasteiger partial charge in [-0.25, -0.2) is 0 Å². The minimum atomic E-state index is -1.67. The van der Waals surface area contributed by atoms with E-state index < -0.39 is 24.8 Å². The lowest BCUT2D eigenvalue weighted by atomic mass is 10.2. The summed E-state index contributed by atoms with van der Waals surface area (Å²) in [6.45, 7) is 9.85. The molecule has 4 N–H and O–H groups in total. The van der Waals surface area contributed by atoms with Gasteiger partial charge in [0.15, 0.2) is 12.6 Å². The van der Waals surface area contributed by atoms with E-state index in [0.717, 1.165) is 25.7 Å². The summed E-state index contributed by atoms with van der Waals surface area (Å²) < 4.78 is 20.7. The van der Waals surface area contributed by atoms with Crippen molar-refractivity contribution in [3.8, 4) is 0 Å². The molecule has 0 bridgehead atoms. The van der Waals surface area contributed by atoms with Crippen LogP contribution in [-0.4, -0.2) is 84.9 Å². The Morgan fingerprint density at radius 1 is 0.571 bits per heavy atom. The highest BCUT2D eigenvalue weighted by atomic mass is 16.6. The molecule has 0 saturated heterocycles. The van der Waals surface area contributed by atoms with E-state index >= 15 is 0 Å². The van der Waals surface area contributed by atoms with Gasteiger partial charge in [0.2, 0.25) is 0 Å². The van der Waals surface area contributed by atoms with Crippen LogP contribution >= 0.6 is 0 Å². The third-order valence-corrected chi connectivity index (χ3v) is 3.85. The molecule has 4 atom stereocenters. The molecule has 0 aliphatic heterocycles. The molecule has 0 spiro atoms. The molecule has 8 heteroatoms. The number of hydrogen-bond acceptors (Lipinski definition) is 8. The normalized spacial score (nSPS) is 15.7. The maximum absolute atomic E-state index is 9.86. The molecule has 0 aromatic carbocycles. The summed E-state index contributed by atoms with van der Waals surface area (Å²) in [6.07, 6.45) is 1.56. The van der Waals surface area contributed by atoms with Crippen LogP contribution in [0, 0.1) is 0 Å². The van der Waals surface area contributed by atoms with Gasteiger partial charge in [0.1, 0.15) is 12.2 Å². The number of aliphatic hydroxyl groups is 4. The quantitative estimate of drug-likeness (QED) is 0.127. The van der Waals surface area contributed by atoms with Crippen LogP contribution in [0.4, 0.5) is 0 Å². The maximum Gasteiger partial charge on any atom is 0.183 e. The molecule has 0 aliphatic rings. The van der Waals surface area contributed by atoms with E-state index in [0.29, 0.717) is 39.3 Å². The Bertz CT molecular complexity index is 332. The molecule has 2 unspecified atom stereocenters. The van der Waals surface area contributed by atoms with E-state index in [1.54, 1.807) is 12.2 Å². The minimum absolute atomic E-state index is 0.220. The summed E-state index contributed by atoms with van der Waals surface area (Å²) in [5.41, 5.74) is 0. The van der Waals surface area contributed by atoms with Gasteiger partial charge >= 0.3 is 0 Å². The van der Waals surface area contributed by atoms with Crippen molar-refractivity contribution in [2.45, 2.75) is 63.3 Å². The summed E-state index contributed by atoms with van der Waals surface area (Å²) in [7, 11) is 0. The van der Waals surface area contributed by atoms with Crippen LogP contribution < -0.4 is 0 Å². The number of unbranched alkanes of at least 4 members (excludes halogenated alkanes) is 4. The van der Waals surface area contributed by atoms with Gasteiger partial charge in [-0.15, -0.1) is 13.2 Å². The van der Waals surface area contributed by atoms with Crippen molar-refractivity contribution in [2.75, 3.05) is 39.6 Å². The Labute approximate surface area is 168 Å². The molecule has 0 aromatic heterocycles. The molecule has 0 fully saturated rings. The second-order valence-corrected chi connectivity index (χ2v) is 6.35. The van der Waals surface area contributed by atoms with Gasteiger partial charge in [-0.2, -0.15) is 0 Å². The van der Waals surface area contributed by atoms with E-state index in [2.05, 4.69) is 13.2 Å². The Kier molecular flexibility index (Phi) is 18.9. The number of aliphatic hydroxyl groups excluding tert-OH is 4. The predicted molar refractivity (Wildman–Crippen MR) is 106 cm³/mol. The number of hydrogen-bond donors (Lipinski definition) is 4. The van der Waals surface area contributed by atoms with Gasteiger partial charge in [-0.3, -0.25) is 0 Å². The second kappa shape index (κ2) is 19.5. The molecule has 0 rings (SSSR count). The molecule has 0 aromatic rings. The first-order valence-electron chi connectivity index (χ1n) is 9.87. The van der Waals surface area contributed by atoms with Crippen LogP contribution in [0.15, 0.2) is 25.3 Å². The molecular formula is C20H38O8. The first-order chi connectivity index (χ1) is 13.5. The van der Waals surface area contributed by atoms with Crippen LogP contribution in [-0.2, 0) is 18.9 Å². The van der Waals surface area contributed by atoms with Gasteiger partial charge in [0.25, 0.3) is 0 Å². The Hall–Kier alpha value is -0.840. The summed E-state index contributed by atoms with van der Waals surface area (Å²) in [5.74, 6) is 0. The smallest absolute Gasteiger partial charge is 0.183 e. The molecule has 0 radical (unpaired) electrons. The van der Waals surface area contributed by atoms with Crippen molar-refractivity contribution in [1.82, 2.24) is 0 Å². The monoisotopic (exact) mass is 406 g/mol. The van der Waals surface area contributed by atoms with E-state index in [1.807, 2.05) is 0 Å². The molecule has 0 saturated carbocycles. The average Bonchev–Trinajstić information content (AvgIpc) is 2.70. The fraction of sp³-hybridized carbons (Fsp3) is 0.800. The first kappa shape index (κ1) is 27.2. The molecular weight excluding hydrogens is 368 g/mol. The molecule has 0 aliphatic carbocycles. The molecule has 166 valence electrons. The van der Waals surface area contributed by atoms with Crippen LogP contribution in [0.5, 0.6) is 0 Å². The molecule has 28 heavy (non-hydrogen) atoms. The zero-order chi connectivity index (χ0) is 21.0. The topological polar surface area (TPSA) is 118 Å². The Morgan fingerprint density at radius 3 is 1.29 bits per heavy atom. The van der Waals surface area contributed by atoms with Crippen molar-refractivity contribution < 1.29 is 39.4 Å². The highest BCUT2D eigenvalue weighted by molar-refractivity contribution is 4.72. The second-order valence-electron chi connectivity index (χ2n) is 6.35. The van der Waals surface area contributed by atoms with Gasteiger partial charge in [-0.1, -0.05) is 12.2 Å². The van der Waals surface area contributed by atoms with Crippen molar-refractivity contribution in [2.24, 2.45) is 0 Å². The van der Waals surface area contributed by atoms with E-state index in [4.69, 9.17) is 18.9 Å². The van der Waals surface area contributed by atoms with Gasteiger partial charge in [0.05, 0.1) is 13.2 Å². The Balaban J connectivity index is 3.72. The summed E-state index contributed by atoms with van der Waals surface area (Å²) in [6, 6.07) is 0. The lowest BCUT2D eigenvalue weighted by Crippen LogP contribution is -2.46. The largest absolute Gasteiger partial charge is 0.385 e. The van der Waals surface area contributed by atoms with E-state index in [-0.39, 0.29) is 13.2 Å².